The molecule has 0 atom stereocenters. The van der Waals surface area contributed by atoms with Gasteiger partial charge in [-0.2, -0.15) is 13.2 Å². The Labute approximate surface area is 123 Å². The Bertz CT molecular complexity index is 732. The maximum atomic E-state index is 12.7. The molecule has 0 bridgehead atoms. The number of nitrogens with two attached hydrogens (primary N) is 1. The van der Waals surface area contributed by atoms with E-state index in [1.165, 1.54) is 6.07 Å². The molecule has 1 aromatic heterocycles. The van der Waals surface area contributed by atoms with E-state index in [-0.39, 0.29) is 17.1 Å². The van der Waals surface area contributed by atoms with Gasteiger partial charge in [-0.15, -0.1) is 10.2 Å². The minimum absolute atomic E-state index is 0.129. The molecule has 1 aromatic carbocycles. The Morgan fingerprint density at radius 2 is 2.00 bits per heavy atom. The van der Waals surface area contributed by atoms with Crippen molar-refractivity contribution < 1.29 is 23.0 Å². The van der Waals surface area contributed by atoms with E-state index in [2.05, 4.69) is 10.2 Å². The molecule has 3 rings (SSSR count). The van der Waals surface area contributed by atoms with E-state index < -0.39 is 17.5 Å². The molecule has 5 nitrogen and oxygen atoms in total. The van der Waals surface area contributed by atoms with Crippen molar-refractivity contribution in [3.63, 3.8) is 0 Å². The molecule has 1 aliphatic rings. The van der Waals surface area contributed by atoms with Crippen molar-refractivity contribution in [2.45, 2.75) is 19.0 Å². The Morgan fingerprint density at radius 3 is 2.68 bits per heavy atom. The molecule has 3 N–H and O–H groups in total. The third kappa shape index (κ3) is 2.40. The first kappa shape index (κ1) is 14.4. The van der Waals surface area contributed by atoms with Gasteiger partial charge in [0.25, 0.3) is 0 Å². The standard InChI is InChI=1S/C14H12F3N3O2/c15-14(16,17)7-3-4-8(10(21)6-7)11-9-2-1-5-22-12(9)13(18)20-19-11/h3-4,6,21H,1-2,5H2,(H2,18,20). The summed E-state index contributed by atoms with van der Waals surface area (Å²) in [6, 6.07) is 2.74. The number of phenols is 1. The second kappa shape index (κ2) is 5.04. The third-order valence-electron chi connectivity index (χ3n) is 3.45. The number of fused-ring (bicyclic) bond motifs is 1. The van der Waals surface area contributed by atoms with Crippen molar-refractivity contribution in [2.75, 3.05) is 12.3 Å². The molecule has 2 aromatic rings. The number of nitrogens with zero attached hydrogens (tertiary/aromatic N) is 2. The van der Waals surface area contributed by atoms with Crippen LogP contribution in [0.15, 0.2) is 18.2 Å². The van der Waals surface area contributed by atoms with Crippen LogP contribution < -0.4 is 10.5 Å². The number of halogens is 3. The summed E-state index contributed by atoms with van der Waals surface area (Å²) in [7, 11) is 0. The Hall–Kier alpha value is -2.51. The number of alkyl halides is 3. The van der Waals surface area contributed by atoms with Gasteiger partial charge in [-0.05, 0) is 31.0 Å². The van der Waals surface area contributed by atoms with E-state index in [0.29, 0.717) is 30.4 Å². The molecule has 2 heterocycles. The molecule has 1 aliphatic heterocycles. The number of aromatic hydroxyl groups is 1. The minimum Gasteiger partial charge on any atom is -0.507 e. The molecule has 0 unspecified atom stereocenters. The maximum absolute atomic E-state index is 12.7. The van der Waals surface area contributed by atoms with Crippen molar-refractivity contribution in [1.29, 1.82) is 0 Å². The number of hydrogen-bond donors (Lipinski definition) is 2. The maximum Gasteiger partial charge on any atom is 0.416 e. The van der Waals surface area contributed by atoms with Gasteiger partial charge in [0.15, 0.2) is 11.6 Å². The molecule has 0 amide bonds. The van der Waals surface area contributed by atoms with Crippen molar-refractivity contribution in [3.8, 4) is 22.8 Å². The average molecular weight is 311 g/mol. The van der Waals surface area contributed by atoms with Crippen LogP contribution in [0, 0.1) is 0 Å². The largest absolute Gasteiger partial charge is 0.507 e. The first-order valence-corrected chi connectivity index (χ1v) is 6.56. The average Bonchev–Trinajstić information content (AvgIpc) is 2.47. The van der Waals surface area contributed by atoms with Crippen LogP contribution in [0.4, 0.5) is 19.0 Å². The number of nitrogen functional groups attached to an aromatic ring is 1. The summed E-state index contributed by atoms with van der Waals surface area (Å²) in [6.45, 7) is 0.487. The lowest BCUT2D eigenvalue weighted by molar-refractivity contribution is -0.137. The smallest absolute Gasteiger partial charge is 0.416 e. The number of hydrogen-bond acceptors (Lipinski definition) is 5. The summed E-state index contributed by atoms with van der Waals surface area (Å²) < 4.78 is 43.4. The van der Waals surface area contributed by atoms with Gasteiger partial charge in [0, 0.05) is 11.1 Å². The number of phenolic OH excluding ortho intramolecular Hbond substituents is 1. The van der Waals surface area contributed by atoms with Gasteiger partial charge in [0.05, 0.1) is 12.2 Å². The predicted molar refractivity (Wildman–Crippen MR) is 72.4 cm³/mol. The predicted octanol–water partition coefficient (Wildman–Crippen LogP) is 2.78. The number of ether oxygens (including phenoxy) is 1. The lowest BCUT2D eigenvalue weighted by atomic mass is 9.98. The van der Waals surface area contributed by atoms with Gasteiger partial charge in [-0.25, -0.2) is 0 Å². The lowest BCUT2D eigenvalue weighted by Crippen LogP contribution is -2.14. The summed E-state index contributed by atoms with van der Waals surface area (Å²) in [5.41, 5.74) is 5.87. The van der Waals surface area contributed by atoms with Gasteiger partial charge >= 0.3 is 6.18 Å². The first-order chi connectivity index (χ1) is 10.4. The van der Waals surface area contributed by atoms with E-state index in [9.17, 15) is 18.3 Å². The zero-order valence-corrected chi connectivity index (χ0v) is 11.3. The van der Waals surface area contributed by atoms with Crippen LogP contribution in [0.3, 0.4) is 0 Å². The fourth-order valence-corrected chi connectivity index (χ4v) is 2.41. The van der Waals surface area contributed by atoms with Crippen molar-refractivity contribution >= 4 is 5.82 Å². The van der Waals surface area contributed by atoms with E-state index >= 15 is 0 Å². The van der Waals surface area contributed by atoms with Crippen LogP contribution >= 0.6 is 0 Å². The third-order valence-corrected chi connectivity index (χ3v) is 3.45. The highest BCUT2D eigenvalue weighted by molar-refractivity contribution is 5.74. The fourth-order valence-electron chi connectivity index (χ4n) is 2.41. The first-order valence-electron chi connectivity index (χ1n) is 6.56. The molecule has 0 spiro atoms. The molecular weight excluding hydrogens is 299 g/mol. The van der Waals surface area contributed by atoms with Gasteiger partial charge in [-0.3, -0.25) is 0 Å². The summed E-state index contributed by atoms with van der Waals surface area (Å²) >= 11 is 0. The number of anilines is 1. The Balaban J connectivity index is 2.13. The highest BCUT2D eigenvalue weighted by Gasteiger charge is 2.32. The van der Waals surface area contributed by atoms with E-state index in [0.717, 1.165) is 12.5 Å². The van der Waals surface area contributed by atoms with Gasteiger partial charge in [-0.1, -0.05) is 0 Å². The van der Waals surface area contributed by atoms with E-state index in [4.69, 9.17) is 10.5 Å². The Morgan fingerprint density at radius 1 is 1.23 bits per heavy atom. The topological polar surface area (TPSA) is 81.3 Å². The van der Waals surface area contributed by atoms with Crippen LogP contribution in [-0.2, 0) is 12.6 Å². The van der Waals surface area contributed by atoms with Gasteiger partial charge < -0.3 is 15.6 Å². The van der Waals surface area contributed by atoms with Crippen LogP contribution in [-0.4, -0.2) is 21.9 Å². The van der Waals surface area contributed by atoms with Crippen LogP contribution in [0.2, 0.25) is 0 Å². The second-order valence-corrected chi connectivity index (χ2v) is 4.92. The zero-order valence-electron chi connectivity index (χ0n) is 11.3. The molecule has 116 valence electrons. The molecular formula is C14H12F3N3O2. The molecule has 8 heteroatoms. The molecule has 0 aliphatic carbocycles. The van der Waals surface area contributed by atoms with Crippen molar-refractivity contribution in [1.82, 2.24) is 10.2 Å². The lowest BCUT2D eigenvalue weighted by Gasteiger charge is -2.20. The summed E-state index contributed by atoms with van der Waals surface area (Å²) in [5, 5.41) is 17.6. The highest BCUT2D eigenvalue weighted by Crippen LogP contribution is 2.40. The van der Waals surface area contributed by atoms with Crippen molar-refractivity contribution in [2.24, 2.45) is 0 Å². The molecule has 0 saturated carbocycles. The fraction of sp³-hybridized carbons (Fsp3) is 0.286. The summed E-state index contributed by atoms with van der Waals surface area (Å²) in [5.74, 6) is 0.00192. The second-order valence-electron chi connectivity index (χ2n) is 4.92. The quantitative estimate of drug-likeness (QED) is 0.846. The highest BCUT2D eigenvalue weighted by atomic mass is 19.4. The Kier molecular flexibility index (Phi) is 3.31. The zero-order chi connectivity index (χ0) is 15.9. The number of benzene rings is 1. The van der Waals surface area contributed by atoms with Gasteiger partial charge in [0.1, 0.15) is 11.4 Å². The minimum atomic E-state index is -4.52. The molecule has 22 heavy (non-hydrogen) atoms. The molecule has 0 saturated heterocycles. The summed E-state index contributed by atoms with van der Waals surface area (Å²) in [4.78, 5) is 0. The van der Waals surface area contributed by atoms with Crippen LogP contribution in [0.25, 0.3) is 11.3 Å². The SMILES string of the molecule is Nc1nnc(-c2ccc(C(F)(F)F)cc2O)c2c1OCCC2. The molecule has 0 fully saturated rings. The van der Waals surface area contributed by atoms with E-state index in [1.54, 1.807) is 0 Å². The van der Waals surface area contributed by atoms with Crippen molar-refractivity contribution in [3.05, 3.63) is 29.3 Å². The normalized spacial score (nSPS) is 14.3. The van der Waals surface area contributed by atoms with E-state index in [1.807, 2.05) is 0 Å². The van der Waals surface area contributed by atoms with Crippen LogP contribution in [0.5, 0.6) is 11.5 Å². The number of rotatable bonds is 1. The van der Waals surface area contributed by atoms with Gasteiger partial charge in [0.2, 0.25) is 0 Å². The van der Waals surface area contributed by atoms with Crippen LogP contribution in [0.1, 0.15) is 17.5 Å². The number of aromatic nitrogens is 2. The molecule has 0 radical (unpaired) electrons. The summed E-state index contributed by atoms with van der Waals surface area (Å²) in [6.07, 6.45) is -3.19. The monoisotopic (exact) mass is 311 g/mol.